The summed E-state index contributed by atoms with van der Waals surface area (Å²) in [7, 11) is -0.194. The molecule has 0 aromatic heterocycles. The molecule has 2 rings (SSSR count). The lowest BCUT2D eigenvalue weighted by atomic mass is 10.1. The normalized spacial score (nSPS) is 12.3. The minimum absolute atomic E-state index is 0.264. The largest absolute Gasteiger partial charge is 0.497 e. The van der Waals surface area contributed by atoms with Gasteiger partial charge in [0.05, 0.1) is 17.9 Å². The van der Waals surface area contributed by atoms with Crippen LogP contribution in [0.3, 0.4) is 0 Å². The number of benzene rings is 2. The van der Waals surface area contributed by atoms with Gasteiger partial charge in [-0.1, -0.05) is 18.1 Å². The van der Waals surface area contributed by atoms with Gasteiger partial charge >= 0.3 is 0 Å². The summed E-state index contributed by atoms with van der Waals surface area (Å²) in [6, 6.07) is 13.2. The van der Waals surface area contributed by atoms with Crippen LogP contribution in [-0.4, -0.2) is 29.0 Å². The van der Waals surface area contributed by atoms with Crippen LogP contribution in [0.2, 0.25) is 0 Å². The van der Waals surface area contributed by atoms with Gasteiger partial charge in [-0.25, -0.2) is 5.48 Å². The van der Waals surface area contributed by atoms with Crippen molar-refractivity contribution in [1.82, 2.24) is 5.48 Å². The molecule has 2 N–H and O–H groups in total. The summed E-state index contributed by atoms with van der Waals surface area (Å²) in [6.45, 7) is 1.99. The van der Waals surface area contributed by atoms with Gasteiger partial charge in [0, 0.05) is 4.90 Å². The van der Waals surface area contributed by atoms with Crippen molar-refractivity contribution in [3.63, 3.8) is 0 Å². The molecule has 1 amide bonds. The van der Waals surface area contributed by atoms with Gasteiger partial charge in [0.2, 0.25) is 0 Å². The molecular formula is C19H19NO5S. The standard InChI is InChI=1S/C19H19NO5S/c1-3-4-13-25-16-9-11-17(12-10-16)26(23)18(19(21)20-22)14-5-7-15(24-2)8-6-14/h5-12,18,22H,13H2,1-2H3,(H,20,21)/t18-,26+/m0/s1. The topological polar surface area (TPSA) is 84.9 Å². The van der Waals surface area contributed by atoms with Gasteiger partial charge < -0.3 is 9.47 Å². The quantitative estimate of drug-likeness (QED) is 0.442. The van der Waals surface area contributed by atoms with E-state index >= 15 is 0 Å². The van der Waals surface area contributed by atoms with Crippen molar-refractivity contribution in [1.29, 1.82) is 0 Å². The molecular weight excluding hydrogens is 354 g/mol. The molecule has 0 fully saturated rings. The Morgan fingerprint density at radius 3 is 2.31 bits per heavy atom. The molecule has 0 saturated heterocycles. The van der Waals surface area contributed by atoms with E-state index < -0.39 is 22.0 Å². The molecule has 0 aliphatic rings. The highest BCUT2D eigenvalue weighted by Gasteiger charge is 2.28. The minimum atomic E-state index is -1.72. The third-order valence-electron chi connectivity index (χ3n) is 3.52. The average molecular weight is 373 g/mol. The van der Waals surface area contributed by atoms with Crippen LogP contribution in [0.4, 0.5) is 0 Å². The third-order valence-corrected chi connectivity index (χ3v) is 5.18. The van der Waals surface area contributed by atoms with Crippen LogP contribution < -0.4 is 15.0 Å². The Morgan fingerprint density at radius 2 is 1.77 bits per heavy atom. The van der Waals surface area contributed by atoms with E-state index in [9.17, 15) is 9.00 Å². The highest BCUT2D eigenvalue weighted by atomic mass is 32.2. The maximum Gasteiger partial charge on any atom is 0.263 e. The maximum atomic E-state index is 12.9. The lowest BCUT2D eigenvalue weighted by Crippen LogP contribution is -2.29. The SMILES string of the molecule is CC#CCOc1ccc([S@@](=O)[C@H](C(=O)NO)c2ccc(OC)cc2)cc1. The van der Waals surface area contributed by atoms with E-state index in [1.54, 1.807) is 60.9 Å². The second-order valence-corrected chi connectivity index (χ2v) is 6.65. The zero-order chi connectivity index (χ0) is 18.9. The zero-order valence-corrected chi connectivity index (χ0v) is 15.2. The Hall–Kier alpha value is -2.82. The van der Waals surface area contributed by atoms with E-state index in [0.29, 0.717) is 22.0 Å². The van der Waals surface area contributed by atoms with Crippen molar-refractivity contribution in [2.24, 2.45) is 0 Å². The summed E-state index contributed by atoms with van der Waals surface area (Å²) >= 11 is 0. The second kappa shape index (κ2) is 9.61. The number of nitrogens with one attached hydrogen (secondary N) is 1. The van der Waals surface area contributed by atoms with Crippen LogP contribution >= 0.6 is 0 Å². The van der Waals surface area contributed by atoms with Gasteiger partial charge in [-0.3, -0.25) is 14.2 Å². The van der Waals surface area contributed by atoms with Gasteiger partial charge in [-0.15, -0.1) is 5.92 Å². The fourth-order valence-corrected chi connectivity index (χ4v) is 3.54. The second-order valence-electron chi connectivity index (χ2n) is 5.11. The van der Waals surface area contributed by atoms with Crippen molar-refractivity contribution >= 4 is 16.7 Å². The molecule has 2 aromatic rings. The predicted molar refractivity (Wildman–Crippen MR) is 97.5 cm³/mol. The lowest BCUT2D eigenvalue weighted by Gasteiger charge is -2.16. The number of methoxy groups -OCH3 is 1. The smallest absolute Gasteiger partial charge is 0.263 e. The van der Waals surface area contributed by atoms with Gasteiger partial charge in [-0.05, 0) is 48.9 Å². The Kier molecular flexibility index (Phi) is 7.21. The minimum Gasteiger partial charge on any atom is -0.497 e. The molecule has 0 unspecified atom stereocenters. The molecule has 136 valence electrons. The van der Waals surface area contributed by atoms with E-state index in [2.05, 4.69) is 11.8 Å². The summed E-state index contributed by atoms with van der Waals surface area (Å²) < 4.78 is 23.4. The molecule has 26 heavy (non-hydrogen) atoms. The van der Waals surface area contributed by atoms with Gasteiger partial charge in [-0.2, -0.15) is 0 Å². The van der Waals surface area contributed by atoms with Gasteiger partial charge in [0.25, 0.3) is 5.91 Å². The number of carbonyl (C=O) groups excluding carboxylic acids is 1. The molecule has 6 nitrogen and oxygen atoms in total. The first kappa shape index (κ1) is 19.5. The molecule has 0 radical (unpaired) electrons. The number of hydrogen-bond donors (Lipinski definition) is 2. The van der Waals surface area contributed by atoms with E-state index in [4.69, 9.17) is 14.7 Å². The highest BCUT2D eigenvalue weighted by Crippen LogP contribution is 2.28. The number of hydroxylamine groups is 1. The van der Waals surface area contributed by atoms with E-state index in [1.807, 2.05) is 0 Å². The summed E-state index contributed by atoms with van der Waals surface area (Å²) in [5.41, 5.74) is 2.08. The maximum absolute atomic E-state index is 12.9. The predicted octanol–water partition coefficient (Wildman–Crippen LogP) is 2.45. The fraction of sp³-hybridized carbons (Fsp3) is 0.211. The fourth-order valence-electron chi connectivity index (χ4n) is 2.21. The van der Waals surface area contributed by atoms with Crippen LogP contribution in [0.25, 0.3) is 0 Å². The van der Waals surface area contributed by atoms with Crippen molar-refractivity contribution in [2.75, 3.05) is 13.7 Å². The Bertz CT molecular complexity index is 822. The molecule has 7 heteroatoms. The first-order chi connectivity index (χ1) is 12.6. The van der Waals surface area contributed by atoms with Crippen molar-refractivity contribution in [3.05, 3.63) is 54.1 Å². The molecule has 0 spiro atoms. The monoisotopic (exact) mass is 373 g/mol. The Labute approximate surface area is 154 Å². The molecule has 0 bridgehead atoms. The summed E-state index contributed by atoms with van der Waals surface area (Å²) in [4.78, 5) is 12.5. The Balaban J connectivity index is 2.25. The van der Waals surface area contributed by atoms with E-state index in [-0.39, 0.29) is 6.61 Å². The Morgan fingerprint density at radius 1 is 1.15 bits per heavy atom. The molecule has 0 heterocycles. The summed E-state index contributed by atoms with van der Waals surface area (Å²) in [5, 5.41) is 7.97. The number of amides is 1. The molecule has 0 aliphatic heterocycles. The lowest BCUT2D eigenvalue weighted by molar-refractivity contribution is -0.128. The third kappa shape index (κ3) is 4.85. The van der Waals surface area contributed by atoms with Crippen molar-refractivity contribution in [2.45, 2.75) is 17.1 Å². The summed E-state index contributed by atoms with van der Waals surface area (Å²) in [5.74, 6) is 5.95. The van der Waals surface area contributed by atoms with Crippen LogP contribution in [-0.2, 0) is 15.6 Å². The average Bonchev–Trinajstić information content (AvgIpc) is 2.69. The first-order valence-electron chi connectivity index (χ1n) is 7.71. The van der Waals surface area contributed by atoms with Crippen LogP contribution in [0.5, 0.6) is 11.5 Å². The van der Waals surface area contributed by atoms with Gasteiger partial charge in [0.1, 0.15) is 23.4 Å². The molecule has 2 atom stereocenters. The van der Waals surface area contributed by atoms with Gasteiger partial charge in [0.15, 0.2) is 0 Å². The first-order valence-corrected chi connectivity index (χ1v) is 8.93. The molecule has 0 saturated carbocycles. The number of rotatable bonds is 7. The zero-order valence-electron chi connectivity index (χ0n) is 14.4. The van der Waals surface area contributed by atoms with Crippen LogP contribution in [0.1, 0.15) is 17.7 Å². The number of carbonyl (C=O) groups is 1. The van der Waals surface area contributed by atoms with Crippen molar-refractivity contribution < 1.29 is 23.7 Å². The van der Waals surface area contributed by atoms with E-state index in [0.717, 1.165) is 0 Å². The number of ether oxygens (including phenoxy) is 2. The number of hydrogen-bond acceptors (Lipinski definition) is 5. The highest BCUT2D eigenvalue weighted by molar-refractivity contribution is 7.86. The van der Waals surface area contributed by atoms with Crippen LogP contribution in [0.15, 0.2) is 53.4 Å². The molecule has 0 aliphatic carbocycles. The summed E-state index contributed by atoms with van der Waals surface area (Å²) in [6.07, 6.45) is 0. The van der Waals surface area contributed by atoms with Crippen LogP contribution in [0, 0.1) is 11.8 Å². The van der Waals surface area contributed by atoms with Crippen molar-refractivity contribution in [3.8, 4) is 23.3 Å². The van der Waals surface area contributed by atoms with E-state index in [1.165, 1.54) is 7.11 Å². The molecule has 2 aromatic carbocycles.